The summed E-state index contributed by atoms with van der Waals surface area (Å²) in [7, 11) is 1.67. The SMILES string of the molecule is COc1ccc(C(C)C)cc1[C@@H](N)CCN. The molecule has 0 radical (unpaired) electrons. The number of hydrogen-bond donors (Lipinski definition) is 2. The molecule has 0 fully saturated rings. The minimum absolute atomic E-state index is 0.0429. The van der Waals surface area contributed by atoms with Crippen LogP contribution in [0, 0.1) is 0 Å². The van der Waals surface area contributed by atoms with E-state index in [1.54, 1.807) is 7.11 Å². The minimum atomic E-state index is -0.0429. The van der Waals surface area contributed by atoms with E-state index in [9.17, 15) is 0 Å². The molecule has 0 amide bonds. The summed E-state index contributed by atoms with van der Waals surface area (Å²) in [6, 6.07) is 6.16. The summed E-state index contributed by atoms with van der Waals surface area (Å²) in [5, 5.41) is 0. The molecule has 0 heterocycles. The van der Waals surface area contributed by atoms with E-state index in [0.717, 1.165) is 17.7 Å². The summed E-state index contributed by atoms with van der Waals surface area (Å²) >= 11 is 0. The van der Waals surface area contributed by atoms with Crippen molar-refractivity contribution in [1.82, 2.24) is 0 Å². The molecule has 0 unspecified atom stereocenters. The van der Waals surface area contributed by atoms with Crippen molar-refractivity contribution in [2.45, 2.75) is 32.2 Å². The molecule has 0 aliphatic heterocycles. The molecule has 4 N–H and O–H groups in total. The third-order valence-corrected chi connectivity index (χ3v) is 2.80. The molecule has 0 saturated carbocycles. The fraction of sp³-hybridized carbons (Fsp3) is 0.538. The van der Waals surface area contributed by atoms with Gasteiger partial charge in [0.25, 0.3) is 0 Å². The third-order valence-electron chi connectivity index (χ3n) is 2.80. The molecule has 90 valence electrons. The van der Waals surface area contributed by atoms with Crippen molar-refractivity contribution < 1.29 is 4.74 Å². The van der Waals surface area contributed by atoms with Crippen LogP contribution in [0.1, 0.15) is 43.4 Å². The van der Waals surface area contributed by atoms with Gasteiger partial charge in [0.05, 0.1) is 7.11 Å². The van der Waals surface area contributed by atoms with Crippen LogP contribution in [0.3, 0.4) is 0 Å². The van der Waals surface area contributed by atoms with Crippen molar-refractivity contribution in [2.75, 3.05) is 13.7 Å². The van der Waals surface area contributed by atoms with E-state index < -0.39 is 0 Å². The van der Waals surface area contributed by atoms with Gasteiger partial charge in [-0.3, -0.25) is 0 Å². The van der Waals surface area contributed by atoms with Gasteiger partial charge in [-0.1, -0.05) is 26.0 Å². The first-order valence-electron chi connectivity index (χ1n) is 5.73. The van der Waals surface area contributed by atoms with Gasteiger partial charge in [0.15, 0.2) is 0 Å². The molecule has 1 rings (SSSR count). The monoisotopic (exact) mass is 222 g/mol. The Labute approximate surface area is 97.8 Å². The Morgan fingerprint density at radius 1 is 1.31 bits per heavy atom. The highest BCUT2D eigenvalue weighted by molar-refractivity contribution is 5.40. The van der Waals surface area contributed by atoms with Gasteiger partial charge in [0.2, 0.25) is 0 Å². The second-order valence-electron chi connectivity index (χ2n) is 4.34. The second-order valence-corrected chi connectivity index (χ2v) is 4.34. The zero-order valence-electron chi connectivity index (χ0n) is 10.4. The number of methoxy groups -OCH3 is 1. The molecule has 0 aliphatic rings. The van der Waals surface area contributed by atoms with Gasteiger partial charge in [-0.15, -0.1) is 0 Å². The Morgan fingerprint density at radius 2 is 2.00 bits per heavy atom. The lowest BCUT2D eigenvalue weighted by Gasteiger charge is -2.17. The van der Waals surface area contributed by atoms with Crippen LogP contribution in [0.15, 0.2) is 18.2 Å². The summed E-state index contributed by atoms with van der Waals surface area (Å²) in [5.74, 6) is 1.35. The molecule has 0 saturated heterocycles. The highest BCUT2D eigenvalue weighted by atomic mass is 16.5. The van der Waals surface area contributed by atoms with Crippen molar-refractivity contribution in [1.29, 1.82) is 0 Å². The summed E-state index contributed by atoms with van der Waals surface area (Å²) in [6.45, 7) is 4.93. The Kier molecular flexibility index (Phi) is 4.77. The quantitative estimate of drug-likeness (QED) is 0.802. The second kappa shape index (κ2) is 5.87. The predicted molar refractivity (Wildman–Crippen MR) is 67.7 cm³/mol. The van der Waals surface area contributed by atoms with E-state index in [1.165, 1.54) is 5.56 Å². The lowest BCUT2D eigenvalue weighted by Crippen LogP contribution is -2.16. The van der Waals surface area contributed by atoms with Crippen LogP contribution in [0.2, 0.25) is 0 Å². The molecule has 16 heavy (non-hydrogen) atoms. The fourth-order valence-corrected chi connectivity index (χ4v) is 1.74. The summed E-state index contributed by atoms with van der Waals surface area (Å²) < 4.78 is 5.33. The first-order chi connectivity index (χ1) is 7.60. The van der Waals surface area contributed by atoms with Gasteiger partial charge in [-0.05, 0) is 30.5 Å². The van der Waals surface area contributed by atoms with Gasteiger partial charge >= 0.3 is 0 Å². The molecule has 1 atom stereocenters. The maximum absolute atomic E-state index is 6.09. The molecular weight excluding hydrogens is 200 g/mol. The Bertz CT molecular complexity index is 337. The van der Waals surface area contributed by atoms with E-state index in [1.807, 2.05) is 6.07 Å². The van der Waals surface area contributed by atoms with Crippen LogP contribution in [0.4, 0.5) is 0 Å². The number of nitrogens with two attached hydrogens (primary N) is 2. The fourth-order valence-electron chi connectivity index (χ4n) is 1.74. The Balaban J connectivity index is 3.06. The van der Waals surface area contributed by atoms with Crippen LogP contribution in [-0.2, 0) is 0 Å². The van der Waals surface area contributed by atoms with Crippen LogP contribution in [0.5, 0.6) is 5.75 Å². The topological polar surface area (TPSA) is 61.3 Å². The molecule has 0 aromatic heterocycles. The van der Waals surface area contributed by atoms with Crippen LogP contribution in [0.25, 0.3) is 0 Å². The van der Waals surface area contributed by atoms with Gasteiger partial charge < -0.3 is 16.2 Å². The molecule has 0 aliphatic carbocycles. The van der Waals surface area contributed by atoms with Crippen molar-refractivity contribution >= 4 is 0 Å². The van der Waals surface area contributed by atoms with Crippen molar-refractivity contribution in [3.05, 3.63) is 29.3 Å². The molecule has 3 nitrogen and oxygen atoms in total. The Morgan fingerprint density at radius 3 is 2.50 bits per heavy atom. The van der Waals surface area contributed by atoms with Crippen molar-refractivity contribution in [3.63, 3.8) is 0 Å². The number of benzene rings is 1. The zero-order chi connectivity index (χ0) is 12.1. The van der Waals surface area contributed by atoms with Gasteiger partial charge in [-0.25, -0.2) is 0 Å². The van der Waals surface area contributed by atoms with Crippen LogP contribution >= 0.6 is 0 Å². The molecule has 1 aromatic carbocycles. The minimum Gasteiger partial charge on any atom is -0.496 e. The lowest BCUT2D eigenvalue weighted by atomic mass is 9.96. The zero-order valence-corrected chi connectivity index (χ0v) is 10.4. The molecule has 0 bridgehead atoms. The molecule has 3 heteroatoms. The smallest absolute Gasteiger partial charge is 0.123 e. The third kappa shape index (κ3) is 2.97. The largest absolute Gasteiger partial charge is 0.496 e. The van der Waals surface area contributed by atoms with Crippen molar-refractivity contribution in [3.8, 4) is 5.75 Å². The number of ether oxygens (including phenoxy) is 1. The highest BCUT2D eigenvalue weighted by Crippen LogP contribution is 2.29. The molecule has 0 spiro atoms. The van der Waals surface area contributed by atoms with E-state index in [-0.39, 0.29) is 6.04 Å². The van der Waals surface area contributed by atoms with Gasteiger partial charge in [-0.2, -0.15) is 0 Å². The standard InChI is InChI=1S/C13H22N2O/c1-9(2)10-4-5-13(16-3)11(8-10)12(15)6-7-14/h4-5,8-9,12H,6-7,14-15H2,1-3H3/t12-/m0/s1. The Hall–Kier alpha value is -1.06. The highest BCUT2D eigenvalue weighted by Gasteiger charge is 2.13. The van der Waals surface area contributed by atoms with E-state index in [0.29, 0.717) is 12.5 Å². The summed E-state index contributed by atoms with van der Waals surface area (Å²) in [5.41, 5.74) is 14.0. The van der Waals surface area contributed by atoms with E-state index in [2.05, 4.69) is 26.0 Å². The van der Waals surface area contributed by atoms with Crippen molar-refractivity contribution in [2.24, 2.45) is 11.5 Å². The molecule has 1 aromatic rings. The van der Waals surface area contributed by atoms with Crippen LogP contribution in [-0.4, -0.2) is 13.7 Å². The normalized spacial score (nSPS) is 12.9. The summed E-state index contributed by atoms with van der Waals surface area (Å²) in [6.07, 6.45) is 0.776. The van der Waals surface area contributed by atoms with Gasteiger partial charge in [0, 0.05) is 11.6 Å². The summed E-state index contributed by atoms with van der Waals surface area (Å²) in [4.78, 5) is 0. The first-order valence-corrected chi connectivity index (χ1v) is 5.73. The van der Waals surface area contributed by atoms with Gasteiger partial charge in [0.1, 0.15) is 5.75 Å². The first kappa shape index (κ1) is 13.0. The maximum Gasteiger partial charge on any atom is 0.123 e. The lowest BCUT2D eigenvalue weighted by molar-refractivity contribution is 0.404. The van der Waals surface area contributed by atoms with Crippen LogP contribution < -0.4 is 16.2 Å². The maximum atomic E-state index is 6.09. The number of rotatable bonds is 5. The van der Waals surface area contributed by atoms with E-state index in [4.69, 9.17) is 16.2 Å². The average molecular weight is 222 g/mol. The van der Waals surface area contributed by atoms with E-state index >= 15 is 0 Å². The molecular formula is C13H22N2O. The number of hydrogen-bond acceptors (Lipinski definition) is 3. The average Bonchev–Trinajstić information content (AvgIpc) is 2.28. The predicted octanol–water partition coefficient (Wildman–Crippen LogP) is 2.17.